The Kier molecular flexibility index (Phi) is 4.75. The van der Waals surface area contributed by atoms with Crippen molar-refractivity contribution in [3.8, 4) is 0 Å². The van der Waals surface area contributed by atoms with Crippen LogP contribution in [0, 0.1) is 10.1 Å². The van der Waals surface area contributed by atoms with Gasteiger partial charge in [-0.3, -0.25) is 15.0 Å². The average molecular weight is 352 g/mol. The van der Waals surface area contributed by atoms with E-state index in [9.17, 15) is 10.1 Å². The van der Waals surface area contributed by atoms with E-state index in [1.807, 2.05) is 18.2 Å². The molecule has 1 aliphatic carbocycles. The number of nitro groups is 1. The van der Waals surface area contributed by atoms with Crippen LogP contribution in [0.5, 0.6) is 0 Å². The van der Waals surface area contributed by atoms with E-state index in [1.165, 1.54) is 5.56 Å². The minimum absolute atomic E-state index is 0.170. The summed E-state index contributed by atoms with van der Waals surface area (Å²) in [5.41, 5.74) is 3.23. The summed E-state index contributed by atoms with van der Waals surface area (Å²) in [7, 11) is 0. The zero-order chi connectivity index (χ0) is 17.9. The van der Waals surface area contributed by atoms with Crippen LogP contribution in [0.15, 0.2) is 48.5 Å². The molecule has 4 rings (SSSR count). The molecule has 2 aromatic rings. The topological polar surface area (TPSA) is 61.7 Å². The first-order chi connectivity index (χ1) is 12.7. The van der Waals surface area contributed by atoms with Crippen molar-refractivity contribution in [3.05, 3.63) is 64.2 Å². The molecule has 0 aromatic heterocycles. The molecule has 0 radical (unpaired) electrons. The summed E-state index contributed by atoms with van der Waals surface area (Å²) in [4.78, 5) is 15.8. The number of nitrogens with zero attached hydrogens (tertiary/aromatic N) is 3. The summed E-state index contributed by atoms with van der Waals surface area (Å²) < 4.78 is 0. The predicted octanol–water partition coefficient (Wildman–Crippen LogP) is 3.49. The Morgan fingerprint density at radius 1 is 1.04 bits per heavy atom. The minimum Gasteiger partial charge on any atom is -0.377 e. The number of nitro benzene ring substituents is 1. The largest absolute Gasteiger partial charge is 0.377 e. The summed E-state index contributed by atoms with van der Waals surface area (Å²) in [6.07, 6.45) is 2.19. The van der Waals surface area contributed by atoms with Gasteiger partial charge in [-0.2, -0.15) is 0 Å². The van der Waals surface area contributed by atoms with Crippen LogP contribution in [0.4, 0.5) is 17.1 Å². The van der Waals surface area contributed by atoms with Crippen molar-refractivity contribution in [2.45, 2.75) is 25.4 Å². The predicted molar refractivity (Wildman–Crippen MR) is 104 cm³/mol. The quantitative estimate of drug-likeness (QED) is 0.637. The molecule has 0 bridgehead atoms. The van der Waals surface area contributed by atoms with E-state index >= 15 is 0 Å². The first-order valence-electron chi connectivity index (χ1n) is 9.25. The second kappa shape index (κ2) is 7.33. The zero-order valence-electron chi connectivity index (χ0n) is 14.8. The van der Waals surface area contributed by atoms with Gasteiger partial charge < -0.3 is 10.2 Å². The average Bonchev–Trinajstić information content (AvgIpc) is 3.47. The maximum Gasteiger partial charge on any atom is 0.292 e. The summed E-state index contributed by atoms with van der Waals surface area (Å²) in [6, 6.07) is 16.4. The third-order valence-corrected chi connectivity index (χ3v) is 5.10. The summed E-state index contributed by atoms with van der Waals surface area (Å²) in [5.74, 6) is 0. The number of benzene rings is 2. The van der Waals surface area contributed by atoms with Crippen LogP contribution in [-0.2, 0) is 6.54 Å². The Morgan fingerprint density at radius 2 is 1.77 bits per heavy atom. The standard InChI is InChI=1S/C20H24N4O2/c25-24(26)20-9-8-18(14-19(20)21-17-6-7-17)23-12-10-22(11-13-23)15-16-4-2-1-3-5-16/h1-5,8-9,14,17,21H,6-7,10-13,15H2. The Morgan fingerprint density at radius 3 is 2.42 bits per heavy atom. The maximum atomic E-state index is 11.3. The highest BCUT2D eigenvalue weighted by molar-refractivity contribution is 5.69. The molecule has 136 valence electrons. The molecule has 2 aliphatic rings. The zero-order valence-corrected chi connectivity index (χ0v) is 14.8. The SMILES string of the molecule is O=[N+]([O-])c1ccc(N2CCN(Cc3ccccc3)CC2)cc1NC1CC1. The maximum absolute atomic E-state index is 11.3. The van der Waals surface area contributed by atoms with Crippen LogP contribution in [-0.4, -0.2) is 42.0 Å². The lowest BCUT2D eigenvalue weighted by Gasteiger charge is -2.36. The smallest absolute Gasteiger partial charge is 0.292 e. The molecule has 0 atom stereocenters. The van der Waals surface area contributed by atoms with Crippen molar-refractivity contribution in [2.75, 3.05) is 36.4 Å². The molecular weight excluding hydrogens is 328 g/mol. The molecule has 6 nitrogen and oxygen atoms in total. The highest BCUT2D eigenvalue weighted by Gasteiger charge is 2.26. The molecular formula is C20H24N4O2. The van der Waals surface area contributed by atoms with Crippen LogP contribution in [0.3, 0.4) is 0 Å². The fraction of sp³-hybridized carbons (Fsp3) is 0.400. The molecule has 0 unspecified atom stereocenters. The lowest BCUT2D eigenvalue weighted by molar-refractivity contribution is -0.384. The van der Waals surface area contributed by atoms with Crippen LogP contribution < -0.4 is 10.2 Å². The molecule has 0 amide bonds. The van der Waals surface area contributed by atoms with Gasteiger partial charge in [-0.15, -0.1) is 0 Å². The lowest BCUT2D eigenvalue weighted by atomic mass is 10.1. The Labute approximate surface area is 153 Å². The molecule has 1 N–H and O–H groups in total. The number of nitrogens with one attached hydrogen (secondary N) is 1. The molecule has 1 heterocycles. The fourth-order valence-corrected chi connectivity index (χ4v) is 3.45. The lowest BCUT2D eigenvalue weighted by Crippen LogP contribution is -2.46. The van der Waals surface area contributed by atoms with E-state index in [4.69, 9.17) is 0 Å². The fourth-order valence-electron chi connectivity index (χ4n) is 3.45. The van der Waals surface area contributed by atoms with Crippen molar-refractivity contribution in [1.29, 1.82) is 0 Å². The molecule has 2 aromatic carbocycles. The monoisotopic (exact) mass is 352 g/mol. The van der Waals surface area contributed by atoms with Gasteiger partial charge in [0.25, 0.3) is 5.69 Å². The Bertz CT molecular complexity index is 769. The van der Waals surface area contributed by atoms with Crippen LogP contribution >= 0.6 is 0 Å². The van der Waals surface area contributed by atoms with Gasteiger partial charge in [0, 0.05) is 50.5 Å². The van der Waals surface area contributed by atoms with Crippen molar-refractivity contribution < 1.29 is 4.92 Å². The van der Waals surface area contributed by atoms with Crippen LogP contribution in [0.25, 0.3) is 0 Å². The van der Waals surface area contributed by atoms with Gasteiger partial charge in [-0.1, -0.05) is 30.3 Å². The first-order valence-corrected chi connectivity index (χ1v) is 9.25. The first kappa shape index (κ1) is 16.8. The second-order valence-electron chi connectivity index (χ2n) is 7.13. The third kappa shape index (κ3) is 3.96. The molecule has 1 saturated carbocycles. The van der Waals surface area contributed by atoms with E-state index in [2.05, 4.69) is 39.4 Å². The molecule has 0 spiro atoms. The number of piperazine rings is 1. The summed E-state index contributed by atoms with van der Waals surface area (Å²) in [6.45, 7) is 4.85. The van der Waals surface area contributed by atoms with E-state index in [0.717, 1.165) is 51.3 Å². The number of anilines is 2. The van der Waals surface area contributed by atoms with Gasteiger partial charge in [0.2, 0.25) is 0 Å². The van der Waals surface area contributed by atoms with Crippen LogP contribution in [0.1, 0.15) is 18.4 Å². The Balaban J connectivity index is 1.41. The highest BCUT2D eigenvalue weighted by atomic mass is 16.6. The number of rotatable bonds is 6. The second-order valence-corrected chi connectivity index (χ2v) is 7.13. The van der Waals surface area contributed by atoms with Crippen molar-refractivity contribution in [1.82, 2.24) is 4.90 Å². The van der Waals surface area contributed by atoms with Crippen molar-refractivity contribution in [3.63, 3.8) is 0 Å². The minimum atomic E-state index is -0.299. The van der Waals surface area contributed by atoms with Crippen molar-refractivity contribution in [2.24, 2.45) is 0 Å². The van der Waals surface area contributed by atoms with E-state index < -0.39 is 0 Å². The van der Waals surface area contributed by atoms with Gasteiger partial charge >= 0.3 is 0 Å². The Hall–Kier alpha value is -2.60. The van der Waals surface area contributed by atoms with Gasteiger partial charge in [-0.25, -0.2) is 0 Å². The summed E-state index contributed by atoms with van der Waals surface area (Å²) in [5, 5.41) is 14.6. The van der Waals surface area contributed by atoms with E-state index in [1.54, 1.807) is 6.07 Å². The van der Waals surface area contributed by atoms with Gasteiger partial charge in [-0.05, 0) is 30.5 Å². The number of hydrogen-bond acceptors (Lipinski definition) is 5. The molecule has 1 aliphatic heterocycles. The number of hydrogen-bond donors (Lipinski definition) is 1. The molecule has 6 heteroatoms. The van der Waals surface area contributed by atoms with Gasteiger partial charge in [0.05, 0.1) is 4.92 Å². The molecule has 26 heavy (non-hydrogen) atoms. The van der Waals surface area contributed by atoms with Crippen molar-refractivity contribution >= 4 is 17.1 Å². The molecule has 2 fully saturated rings. The van der Waals surface area contributed by atoms with E-state index in [-0.39, 0.29) is 10.6 Å². The highest BCUT2D eigenvalue weighted by Crippen LogP contribution is 2.34. The normalized spacial score (nSPS) is 17.9. The van der Waals surface area contributed by atoms with Crippen LogP contribution in [0.2, 0.25) is 0 Å². The van der Waals surface area contributed by atoms with E-state index in [0.29, 0.717) is 11.7 Å². The van der Waals surface area contributed by atoms with Gasteiger partial charge in [0.15, 0.2) is 0 Å². The third-order valence-electron chi connectivity index (χ3n) is 5.10. The molecule has 1 saturated heterocycles. The summed E-state index contributed by atoms with van der Waals surface area (Å²) >= 11 is 0. The van der Waals surface area contributed by atoms with Gasteiger partial charge in [0.1, 0.15) is 5.69 Å².